The number of hydrogen-bond donors (Lipinski definition) is 1. The van der Waals surface area contributed by atoms with Crippen molar-refractivity contribution >= 4 is 40.0 Å². The van der Waals surface area contributed by atoms with Crippen LogP contribution in [0.1, 0.15) is 51.1 Å². The van der Waals surface area contributed by atoms with Crippen LogP contribution in [0.2, 0.25) is 0 Å². The van der Waals surface area contributed by atoms with Gasteiger partial charge in [-0.05, 0) is 25.3 Å². The molecule has 2 aliphatic heterocycles. The first-order valence-corrected chi connectivity index (χ1v) is 12.7. The van der Waals surface area contributed by atoms with Crippen LogP contribution in [0.4, 0.5) is 5.13 Å². The van der Waals surface area contributed by atoms with E-state index in [1.807, 2.05) is 4.90 Å². The molecule has 11 heteroatoms. The van der Waals surface area contributed by atoms with Gasteiger partial charge in [-0.15, -0.1) is 0 Å². The Kier molecular flexibility index (Phi) is 5.10. The van der Waals surface area contributed by atoms with E-state index in [9.17, 15) is 14.4 Å². The molecule has 33 heavy (non-hydrogen) atoms. The van der Waals surface area contributed by atoms with Crippen LogP contribution in [0.3, 0.4) is 0 Å². The van der Waals surface area contributed by atoms with Crippen LogP contribution in [0.15, 0.2) is 33.0 Å². The molecule has 9 nitrogen and oxygen atoms in total. The zero-order chi connectivity index (χ0) is 22.5. The van der Waals surface area contributed by atoms with E-state index >= 15 is 0 Å². The van der Waals surface area contributed by atoms with Gasteiger partial charge in [-0.25, -0.2) is 9.97 Å². The summed E-state index contributed by atoms with van der Waals surface area (Å²) in [5, 5.41) is 4.07. The van der Waals surface area contributed by atoms with E-state index in [0.29, 0.717) is 42.4 Å². The first-order valence-electron chi connectivity index (χ1n) is 10.9. The zero-order valence-electron chi connectivity index (χ0n) is 17.7. The molecule has 170 valence electrons. The summed E-state index contributed by atoms with van der Waals surface area (Å²) in [5.41, 5.74) is 3.16. The predicted octanol–water partition coefficient (Wildman–Crippen LogP) is 2.66. The average Bonchev–Trinajstić information content (AvgIpc) is 3.59. The number of aryl methyl sites for hydroxylation is 1. The van der Waals surface area contributed by atoms with Crippen molar-refractivity contribution in [3.05, 3.63) is 56.3 Å². The third kappa shape index (κ3) is 3.68. The number of thioether (sulfide) groups is 1. The lowest BCUT2D eigenvalue weighted by molar-refractivity contribution is -0.132. The third-order valence-corrected chi connectivity index (χ3v) is 8.47. The van der Waals surface area contributed by atoms with E-state index in [0.717, 1.165) is 46.2 Å². The molecule has 0 aromatic carbocycles. The van der Waals surface area contributed by atoms with Crippen molar-refractivity contribution in [2.75, 3.05) is 17.6 Å². The van der Waals surface area contributed by atoms with Crippen LogP contribution in [0, 0.1) is 0 Å². The number of carbonyl (C=O) groups is 2. The maximum atomic E-state index is 13.1. The van der Waals surface area contributed by atoms with Gasteiger partial charge < -0.3 is 9.32 Å². The van der Waals surface area contributed by atoms with E-state index in [1.165, 1.54) is 23.9 Å². The molecule has 2 amide bonds. The zero-order valence-corrected chi connectivity index (χ0v) is 19.3. The number of nitrogens with zero attached hydrogens (tertiary/aromatic N) is 4. The van der Waals surface area contributed by atoms with E-state index in [2.05, 4.69) is 10.3 Å². The number of carbonyl (C=O) groups excluding carboxylic acids is 2. The second-order valence-electron chi connectivity index (χ2n) is 8.44. The summed E-state index contributed by atoms with van der Waals surface area (Å²) < 4.78 is 6.70. The molecule has 6 rings (SSSR count). The number of rotatable bonds is 4. The highest BCUT2D eigenvalue weighted by Gasteiger charge is 2.33. The molecule has 0 saturated carbocycles. The molecule has 3 aromatic heterocycles. The number of furan rings is 1. The Balaban J connectivity index is 1.14. The van der Waals surface area contributed by atoms with Gasteiger partial charge in [0.25, 0.3) is 11.5 Å². The minimum Gasteiger partial charge on any atom is -0.472 e. The molecule has 0 radical (unpaired) electrons. The van der Waals surface area contributed by atoms with Crippen LogP contribution < -0.4 is 10.9 Å². The maximum Gasteiger partial charge on any atom is 0.260 e. The quantitative estimate of drug-likeness (QED) is 0.568. The van der Waals surface area contributed by atoms with Crippen molar-refractivity contribution in [1.82, 2.24) is 19.4 Å². The van der Waals surface area contributed by atoms with Crippen molar-refractivity contribution in [1.29, 1.82) is 0 Å². The third-order valence-electron chi connectivity index (χ3n) is 6.37. The Morgan fingerprint density at radius 2 is 2.12 bits per heavy atom. The lowest BCUT2D eigenvalue weighted by Crippen LogP contribution is -2.38. The van der Waals surface area contributed by atoms with E-state index < -0.39 is 0 Å². The van der Waals surface area contributed by atoms with Crippen molar-refractivity contribution in [2.45, 2.75) is 49.8 Å². The molecule has 1 atom stereocenters. The number of thiazole rings is 1. The van der Waals surface area contributed by atoms with Crippen molar-refractivity contribution in [3.63, 3.8) is 0 Å². The Hall–Kier alpha value is -2.92. The molecule has 3 aromatic rings. The van der Waals surface area contributed by atoms with Crippen LogP contribution >= 0.6 is 23.1 Å². The largest absolute Gasteiger partial charge is 0.472 e. The number of nitrogens with one attached hydrogen (secondary N) is 1. The highest BCUT2D eigenvalue weighted by molar-refractivity contribution is 7.99. The van der Waals surface area contributed by atoms with Crippen LogP contribution in [-0.2, 0) is 30.6 Å². The number of anilines is 1. The average molecular weight is 484 g/mol. The smallest absolute Gasteiger partial charge is 0.260 e. The lowest BCUT2D eigenvalue weighted by Gasteiger charge is -2.27. The van der Waals surface area contributed by atoms with Gasteiger partial charge >= 0.3 is 0 Å². The minimum absolute atomic E-state index is 0.0314. The van der Waals surface area contributed by atoms with Crippen molar-refractivity contribution < 1.29 is 14.0 Å². The van der Waals surface area contributed by atoms with Crippen LogP contribution in [0.25, 0.3) is 0 Å². The monoisotopic (exact) mass is 483 g/mol. The van der Waals surface area contributed by atoms with Crippen molar-refractivity contribution in [2.24, 2.45) is 0 Å². The summed E-state index contributed by atoms with van der Waals surface area (Å²) in [7, 11) is 0. The summed E-state index contributed by atoms with van der Waals surface area (Å²) in [6, 6.07) is 1.44. The molecule has 0 fully saturated rings. The fourth-order valence-corrected chi connectivity index (χ4v) is 6.83. The van der Waals surface area contributed by atoms with Gasteiger partial charge in [0.15, 0.2) is 10.3 Å². The molecule has 1 N–H and O–H groups in total. The first kappa shape index (κ1) is 20.7. The maximum absolute atomic E-state index is 13.1. The van der Waals surface area contributed by atoms with Crippen LogP contribution in [0.5, 0.6) is 0 Å². The van der Waals surface area contributed by atoms with E-state index in [4.69, 9.17) is 9.40 Å². The molecule has 3 aliphatic rings. The highest BCUT2D eigenvalue weighted by atomic mass is 32.2. The number of aromatic nitrogens is 3. The first-order chi connectivity index (χ1) is 16.1. The number of hydrogen-bond acceptors (Lipinski definition) is 8. The van der Waals surface area contributed by atoms with Gasteiger partial charge in [0, 0.05) is 35.6 Å². The summed E-state index contributed by atoms with van der Waals surface area (Å²) >= 11 is 2.96. The summed E-state index contributed by atoms with van der Waals surface area (Å²) in [6.07, 6.45) is 6.40. The van der Waals surface area contributed by atoms with E-state index in [1.54, 1.807) is 22.4 Å². The number of fused-ring (bicyclic) bond motifs is 3. The van der Waals surface area contributed by atoms with Gasteiger partial charge in [-0.2, -0.15) is 0 Å². The fraction of sp³-hybridized carbons (Fsp3) is 0.409. The summed E-state index contributed by atoms with van der Waals surface area (Å²) in [5.74, 6) is 0.454. The van der Waals surface area contributed by atoms with Gasteiger partial charge in [0.1, 0.15) is 6.26 Å². The van der Waals surface area contributed by atoms with Gasteiger partial charge in [-0.1, -0.05) is 23.1 Å². The Morgan fingerprint density at radius 3 is 2.97 bits per heavy atom. The van der Waals surface area contributed by atoms with E-state index in [-0.39, 0.29) is 23.4 Å². The van der Waals surface area contributed by atoms with Gasteiger partial charge in [0.2, 0.25) is 5.91 Å². The Bertz CT molecular complexity index is 1310. The molecule has 1 aliphatic carbocycles. The Labute approximate surface area is 197 Å². The second-order valence-corrected chi connectivity index (χ2v) is 10.5. The molecule has 0 spiro atoms. The summed E-state index contributed by atoms with van der Waals surface area (Å²) in [6.45, 7) is 1.05. The van der Waals surface area contributed by atoms with Gasteiger partial charge in [0.05, 0.1) is 35.8 Å². The van der Waals surface area contributed by atoms with Gasteiger partial charge in [-0.3, -0.25) is 24.3 Å². The molecular weight excluding hydrogens is 462 g/mol. The second kappa shape index (κ2) is 8.14. The molecular formula is C22H21N5O4S2. The van der Waals surface area contributed by atoms with Crippen molar-refractivity contribution in [3.8, 4) is 0 Å². The topological polar surface area (TPSA) is 110 Å². The normalized spacial score (nSPS) is 18.7. The lowest BCUT2D eigenvalue weighted by atomic mass is 10.1. The molecule has 5 heterocycles. The molecule has 1 unspecified atom stereocenters. The fourth-order valence-electron chi connectivity index (χ4n) is 4.66. The highest BCUT2D eigenvalue weighted by Crippen LogP contribution is 2.35. The SMILES string of the molecule is O=C(Nc1nc2c(s1)CN(C(=O)CC1CSc3nc4c(c(=O)n31)CCC4)CC2)c1ccoc1. The molecule has 0 saturated heterocycles. The number of amides is 2. The standard InChI is InChI=1S/C22H21N5O4S2/c28-18(8-13-11-32-22-24-15-3-1-2-14(15)20(30)27(13)22)26-6-4-16-17(9-26)33-21(23-16)25-19(29)12-5-7-31-10-12/h5,7,10,13H,1-4,6,8-9,11H2,(H,23,25,29). The Morgan fingerprint density at radius 1 is 1.21 bits per heavy atom. The predicted molar refractivity (Wildman–Crippen MR) is 123 cm³/mol. The minimum atomic E-state index is -0.272. The molecule has 0 bridgehead atoms. The van der Waals surface area contributed by atoms with Crippen LogP contribution in [-0.4, -0.2) is 43.5 Å². The summed E-state index contributed by atoms with van der Waals surface area (Å²) in [4.78, 5) is 50.4.